The van der Waals surface area contributed by atoms with Crippen molar-refractivity contribution in [3.63, 3.8) is 0 Å². The fourth-order valence-electron chi connectivity index (χ4n) is 11.7. The average molecular weight is 735 g/mol. The molecule has 0 atom stereocenters. The van der Waals surface area contributed by atoms with Crippen LogP contribution in [-0.4, -0.2) is 0 Å². The van der Waals surface area contributed by atoms with Crippen molar-refractivity contribution in [2.24, 2.45) is 0 Å². The zero-order chi connectivity index (χ0) is 38.3. The molecule has 1 spiro atoms. The van der Waals surface area contributed by atoms with E-state index in [2.05, 4.69) is 208 Å². The van der Waals surface area contributed by atoms with Crippen LogP contribution in [0, 0.1) is 0 Å². The number of hydrogen-bond acceptors (Lipinski definition) is 0. The first-order valence-corrected chi connectivity index (χ1v) is 20.6. The second kappa shape index (κ2) is 11.3. The van der Waals surface area contributed by atoms with Crippen LogP contribution < -0.4 is 0 Å². The van der Waals surface area contributed by atoms with Crippen molar-refractivity contribution in [2.75, 3.05) is 0 Å². The fourth-order valence-corrected chi connectivity index (χ4v) is 11.7. The lowest BCUT2D eigenvalue weighted by Crippen LogP contribution is -2.25. The predicted molar refractivity (Wildman–Crippen MR) is 244 cm³/mol. The van der Waals surface area contributed by atoms with Crippen LogP contribution in [0.1, 0.15) is 47.2 Å². The minimum Gasteiger partial charge on any atom is -0.0619 e. The fraction of sp³-hybridized carbons (Fsp3) is 0.0690. The second-order valence-corrected chi connectivity index (χ2v) is 17.1. The summed E-state index contributed by atoms with van der Waals surface area (Å²) in [6.45, 7) is 4.80. The maximum atomic E-state index is 2.55. The summed E-state index contributed by atoms with van der Waals surface area (Å²) in [6.07, 6.45) is 0. The van der Waals surface area contributed by atoms with Crippen molar-refractivity contribution in [3.8, 4) is 55.6 Å². The largest absolute Gasteiger partial charge is 0.0725 e. The predicted octanol–water partition coefficient (Wildman–Crippen LogP) is 15.1. The van der Waals surface area contributed by atoms with Crippen LogP contribution >= 0.6 is 0 Å². The van der Waals surface area contributed by atoms with Crippen LogP contribution in [0.2, 0.25) is 0 Å². The summed E-state index contributed by atoms with van der Waals surface area (Å²) in [5, 5.41) is 7.71. The van der Waals surface area contributed by atoms with Gasteiger partial charge in [-0.3, -0.25) is 0 Å². The van der Waals surface area contributed by atoms with Gasteiger partial charge in [0.15, 0.2) is 0 Å². The maximum absolute atomic E-state index is 2.55. The van der Waals surface area contributed by atoms with Crippen LogP contribution in [0.4, 0.5) is 0 Å². The minimum absolute atomic E-state index is 0.119. The molecule has 0 unspecified atom stereocenters. The molecule has 0 amide bonds. The molecule has 0 fully saturated rings. The van der Waals surface area contributed by atoms with Gasteiger partial charge in [0.05, 0.1) is 5.41 Å². The summed E-state index contributed by atoms with van der Waals surface area (Å²) < 4.78 is 0. The summed E-state index contributed by atoms with van der Waals surface area (Å²) in [5.74, 6) is 0. The molecule has 0 heterocycles. The molecule has 0 aromatic heterocycles. The third-order valence-electron chi connectivity index (χ3n) is 14.1. The number of benzene rings is 10. The van der Waals surface area contributed by atoms with E-state index in [4.69, 9.17) is 0 Å². The van der Waals surface area contributed by atoms with E-state index in [0.717, 1.165) is 0 Å². The first kappa shape index (κ1) is 32.1. The highest BCUT2D eigenvalue weighted by Crippen LogP contribution is 2.63. The topological polar surface area (TPSA) is 0 Å². The zero-order valence-corrected chi connectivity index (χ0v) is 32.5. The summed E-state index contributed by atoms with van der Waals surface area (Å²) in [6, 6.07) is 73.7. The molecular weight excluding hydrogens is 697 g/mol. The van der Waals surface area contributed by atoms with Gasteiger partial charge in [0, 0.05) is 5.41 Å². The Balaban J connectivity index is 1.11. The van der Waals surface area contributed by atoms with Gasteiger partial charge in [-0.25, -0.2) is 0 Å². The van der Waals surface area contributed by atoms with Crippen molar-refractivity contribution >= 4 is 32.3 Å². The molecule has 10 aromatic rings. The molecule has 58 heavy (non-hydrogen) atoms. The van der Waals surface area contributed by atoms with E-state index < -0.39 is 5.41 Å². The van der Waals surface area contributed by atoms with Crippen LogP contribution in [0.15, 0.2) is 194 Å². The monoisotopic (exact) mass is 734 g/mol. The lowest BCUT2D eigenvalue weighted by molar-refractivity contribution is 0.661. The van der Waals surface area contributed by atoms with E-state index in [1.54, 1.807) is 0 Å². The Kier molecular flexibility index (Phi) is 6.26. The molecule has 3 aliphatic carbocycles. The molecule has 0 radical (unpaired) electrons. The van der Waals surface area contributed by atoms with E-state index >= 15 is 0 Å². The number of rotatable bonds is 2. The first-order chi connectivity index (χ1) is 28.5. The molecule has 13 rings (SSSR count). The molecule has 0 N–H and O–H groups in total. The Bertz CT molecular complexity index is 3310. The third kappa shape index (κ3) is 3.90. The summed E-state index contributed by atoms with van der Waals surface area (Å²) in [7, 11) is 0. The Labute approximate surface area is 338 Å². The van der Waals surface area contributed by atoms with Crippen molar-refractivity contribution in [2.45, 2.75) is 24.7 Å². The van der Waals surface area contributed by atoms with E-state index in [1.807, 2.05) is 0 Å². The molecule has 0 heteroatoms. The average Bonchev–Trinajstić information content (AvgIpc) is 3.83. The first-order valence-electron chi connectivity index (χ1n) is 20.6. The molecule has 0 saturated carbocycles. The molecule has 0 bridgehead atoms. The van der Waals surface area contributed by atoms with Gasteiger partial charge < -0.3 is 0 Å². The Morgan fingerprint density at radius 2 is 0.724 bits per heavy atom. The summed E-state index contributed by atoms with van der Waals surface area (Å²) >= 11 is 0. The Morgan fingerprint density at radius 1 is 0.276 bits per heavy atom. The molecule has 10 aromatic carbocycles. The normalized spacial score (nSPS) is 14.7. The van der Waals surface area contributed by atoms with E-state index in [0.29, 0.717) is 0 Å². The molecule has 270 valence electrons. The van der Waals surface area contributed by atoms with Gasteiger partial charge in [0.1, 0.15) is 0 Å². The summed E-state index contributed by atoms with van der Waals surface area (Å²) in [4.78, 5) is 0. The lowest BCUT2D eigenvalue weighted by Gasteiger charge is -2.31. The summed E-state index contributed by atoms with van der Waals surface area (Å²) in [5.41, 5.74) is 21.0. The van der Waals surface area contributed by atoms with Gasteiger partial charge in [-0.05, 0) is 140 Å². The van der Waals surface area contributed by atoms with E-state index in [9.17, 15) is 0 Å². The van der Waals surface area contributed by atoms with Crippen LogP contribution in [-0.2, 0) is 10.8 Å². The van der Waals surface area contributed by atoms with E-state index in [1.165, 1.54) is 121 Å². The van der Waals surface area contributed by atoms with Gasteiger partial charge >= 0.3 is 0 Å². The van der Waals surface area contributed by atoms with Crippen molar-refractivity contribution in [3.05, 3.63) is 228 Å². The van der Waals surface area contributed by atoms with Crippen LogP contribution in [0.3, 0.4) is 0 Å². The molecule has 0 aliphatic heterocycles. The van der Waals surface area contributed by atoms with Crippen molar-refractivity contribution in [1.29, 1.82) is 0 Å². The van der Waals surface area contributed by atoms with Gasteiger partial charge in [0.25, 0.3) is 0 Å². The highest BCUT2D eigenvalue weighted by atomic mass is 14.5. The van der Waals surface area contributed by atoms with Gasteiger partial charge in [-0.1, -0.05) is 190 Å². The molecule has 3 aliphatic rings. The minimum atomic E-state index is -0.393. The second-order valence-electron chi connectivity index (χ2n) is 17.1. The standard InChI is InChI=1S/C58H38/c1-57(2)51-29-15-25-46(56(51)47-32-35-16-3-4-17-36(35)33-52(47)57)55-44-23-7-5-21-42(44)54(43-22-6-8-24-45(43)55)37-30-31-41-40-20-11-14-28-50(40)58(53(41)34-37)48-26-12-9-18-38(48)39-19-10-13-27-49(39)58/h3-34H,1-2H3. The third-order valence-corrected chi connectivity index (χ3v) is 14.1. The van der Waals surface area contributed by atoms with Crippen molar-refractivity contribution < 1.29 is 0 Å². The van der Waals surface area contributed by atoms with Crippen LogP contribution in [0.5, 0.6) is 0 Å². The van der Waals surface area contributed by atoms with E-state index in [-0.39, 0.29) is 5.41 Å². The lowest BCUT2D eigenvalue weighted by atomic mass is 9.70. The Morgan fingerprint density at radius 3 is 1.31 bits per heavy atom. The smallest absolute Gasteiger partial charge is 0.0619 e. The van der Waals surface area contributed by atoms with Gasteiger partial charge in [0.2, 0.25) is 0 Å². The maximum Gasteiger partial charge on any atom is 0.0725 e. The number of hydrogen-bond donors (Lipinski definition) is 0. The van der Waals surface area contributed by atoms with Gasteiger partial charge in [-0.15, -0.1) is 0 Å². The molecular formula is C58H38. The van der Waals surface area contributed by atoms with Gasteiger partial charge in [-0.2, -0.15) is 0 Å². The molecule has 0 saturated heterocycles. The highest BCUT2D eigenvalue weighted by Gasteiger charge is 2.51. The Hall–Kier alpha value is -7.02. The highest BCUT2D eigenvalue weighted by molar-refractivity contribution is 6.23. The van der Waals surface area contributed by atoms with Crippen LogP contribution in [0.25, 0.3) is 88.0 Å². The molecule has 0 nitrogen and oxygen atoms in total. The SMILES string of the molecule is CC1(C)c2cc3ccccc3cc2-c2c(-c3c4ccccc4c(-c4ccc5c(c4)C4(c6ccccc6-c6ccccc64)c4ccccc4-5)c4ccccc34)cccc21. The van der Waals surface area contributed by atoms with Crippen molar-refractivity contribution in [1.82, 2.24) is 0 Å². The number of fused-ring (bicyclic) bond motifs is 16. The quantitative estimate of drug-likeness (QED) is 0.155. The zero-order valence-electron chi connectivity index (χ0n) is 32.5.